The number of thiophene rings is 1. The predicted molar refractivity (Wildman–Crippen MR) is 98.9 cm³/mol. The number of anilines is 2. The number of fused-ring (bicyclic) bond motifs is 1. The Hall–Kier alpha value is -2.03. The summed E-state index contributed by atoms with van der Waals surface area (Å²) in [5, 5.41) is 16.3. The molecule has 1 aromatic heterocycles. The first-order valence-electron chi connectivity index (χ1n) is 7.99. The minimum atomic E-state index is -0.348. The van der Waals surface area contributed by atoms with Crippen LogP contribution < -0.4 is 10.6 Å². The maximum absolute atomic E-state index is 12.2. The van der Waals surface area contributed by atoms with Gasteiger partial charge in [-0.25, -0.2) is 4.79 Å². The Labute approximate surface area is 150 Å². The number of carbonyl (C=O) groups is 1. The number of halogens is 1. The van der Waals surface area contributed by atoms with Crippen LogP contribution in [0.5, 0.6) is 0 Å². The van der Waals surface area contributed by atoms with Crippen LogP contribution in [0.25, 0.3) is 0 Å². The summed E-state index contributed by atoms with van der Waals surface area (Å²) in [5.74, 6) is 0.679. The molecule has 3 rings (SSSR count). The fourth-order valence-electron chi connectivity index (χ4n) is 3.01. The largest absolute Gasteiger partial charge is 0.324 e. The average Bonchev–Trinajstić information content (AvgIpc) is 2.92. The van der Waals surface area contributed by atoms with Gasteiger partial charge >= 0.3 is 6.03 Å². The molecule has 6 heteroatoms. The average molecular weight is 360 g/mol. The van der Waals surface area contributed by atoms with E-state index in [1.807, 2.05) is 0 Å². The fraction of sp³-hybridized carbons (Fsp3) is 0.333. The minimum absolute atomic E-state index is 0.348. The third-order valence-electron chi connectivity index (χ3n) is 4.39. The van der Waals surface area contributed by atoms with Gasteiger partial charge in [0.25, 0.3) is 0 Å². The van der Waals surface area contributed by atoms with E-state index >= 15 is 0 Å². The summed E-state index contributed by atoms with van der Waals surface area (Å²) >= 11 is 7.37. The molecule has 2 aromatic rings. The van der Waals surface area contributed by atoms with Gasteiger partial charge in [-0.1, -0.05) is 24.9 Å². The zero-order chi connectivity index (χ0) is 17.1. The molecule has 1 aliphatic rings. The first kappa shape index (κ1) is 16.8. The summed E-state index contributed by atoms with van der Waals surface area (Å²) in [4.78, 5) is 13.5. The highest BCUT2D eigenvalue weighted by Crippen LogP contribution is 2.40. The van der Waals surface area contributed by atoms with Gasteiger partial charge in [0.05, 0.1) is 5.56 Å². The molecule has 2 amide bonds. The molecule has 4 nitrogen and oxygen atoms in total. The highest BCUT2D eigenvalue weighted by atomic mass is 35.5. The molecule has 0 spiro atoms. The van der Waals surface area contributed by atoms with E-state index in [4.69, 9.17) is 11.6 Å². The summed E-state index contributed by atoms with van der Waals surface area (Å²) in [7, 11) is 0. The van der Waals surface area contributed by atoms with E-state index in [2.05, 4.69) is 23.6 Å². The maximum atomic E-state index is 12.2. The van der Waals surface area contributed by atoms with Gasteiger partial charge < -0.3 is 5.32 Å². The second-order valence-electron chi connectivity index (χ2n) is 5.92. The van der Waals surface area contributed by atoms with Crippen LogP contribution in [0.4, 0.5) is 15.5 Å². The Bertz CT molecular complexity index is 792. The van der Waals surface area contributed by atoms with Crippen molar-refractivity contribution >= 4 is 39.7 Å². The molecule has 0 fully saturated rings. The van der Waals surface area contributed by atoms with Crippen LogP contribution in [0.3, 0.4) is 0 Å². The number of nitrogens with zero attached hydrogens (tertiary/aromatic N) is 1. The van der Waals surface area contributed by atoms with E-state index in [-0.39, 0.29) is 6.03 Å². The molecule has 1 unspecified atom stereocenters. The van der Waals surface area contributed by atoms with E-state index in [9.17, 15) is 10.1 Å². The fourth-order valence-corrected chi connectivity index (χ4v) is 4.44. The van der Waals surface area contributed by atoms with Gasteiger partial charge in [0.2, 0.25) is 0 Å². The third kappa shape index (κ3) is 3.55. The van der Waals surface area contributed by atoms with Gasteiger partial charge in [0.15, 0.2) is 0 Å². The van der Waals surface area contributed by atoms with Gasteiger partial charge in [-0.05, 0) is 55.0 Å². The minimum Gasteiger partial charge on any atom is -0.308 e. The Morgan fingerprint density at radius 3 is 2.79 bits per heavy atom. The van der Waals surface area contributed by atoms with Gasteiger partial charge in [-0.15, -0.1) is 11.3 Å². The number of nitrogens with one attached hydrogen (secondary N) is 2. The van der Waals surface area contributed by atoms with Crippen LogP contribution in [-0.2, 0) is 12.8 Å². The summed E-state index contributed by atoms with van der Waals surface area (Å²) in [5.41, 5.74) is 2.40. The molecule has 1 aliphatic carbocycles. The number of rotatable bonds is 3. The van der Waals surface area contributed by atoms with Gasteiger partial charge in [-0.2, -0.15) is 5.26 Å². The molecule has 0 aliphatic heterocycles. The van der Waals surface area contributed by atoms with Crippen LogP contribution in [0.1, 0.15) is 35.8 Å². The van der Waals surface area contributed by atoms with Crippen LogP contribution in [-0.4, -0.2) is 6.03 Å². The molecule has 1 heterocycles. The van der Waals surface area contributed by atoms with Crippen molar-refractivity contribution in [2.24, 2.45) is 5.92 Å². The molecular formula is C18H18ClN3OS. The molecule has 0 saturated heterocycles. The first-order chi connectivity index (χ1) is 11.6. The van der Waals surface area contributed by atoms with Crippen molar-refractivity contribution in [1.29, 1.82) is 5.26 Å². The summed E-state index contributed by atoms with van der Waals surface area (Å²) < 4.78 is 0. The molecule has 2 N–H and O–H groups in total. The summed E-state index contributed by atoms with van der Waals surface area (Å²) in [6.07, 6.45) is 4.20. The normalized spacial score (nSPS) is 16.1. The van der Waals surface area contributed by atoms with E-state index in [0.717, 1.165) is 31.2 Å². The number of carbonyl (C=O) groups excluding carboxylic acids is 1. The molecule has 1 atom stereocenters. The molecule has 0 radical (unpaired) electrons. The summed E-state index contributed by atoms with van der Waals surface area (Å²) in [6.45, 7) is 2.20. The van der Waals surface area contributed by atoms with Crippen molar-refractivity contribution in [2.75, 3.05) is 10.6 Å². The van der Waals surface area contributed by atoms with Crippen LogP contribution in [0.2, 0.25) is 5.02 Å². The highest BCUT2D eigenvalue weighted by molar-refractivity contribution is 7.16. The first-order valence-corrected chi connectivity index (χ1v) is 9.18. The Morgan fingerprint density at radius 1 is 1.38 bits per heavy atom. The second-order valence-corrected chi connectivity index (χ2v) is 7.46. The van der Waals surface area contributed by atoms with Crippen molar-refractivity contribution in [3.63, 3.8) is 0 Å². The zero-order valence-electron chi connectivity index (χ0n) is 13.4. The van der Waals surface area contributed by atoms with E-state index in [1.54, 1.807) is 24.3 Å². The quantitative estimate of drug-likeness (QED) is 0.767. The van der Waals surface area contributed by atoms with Gasteiger partial charge in [-0.3, -0.25) is 5.32 Å². The molecular weight excluding hydrogens is 342 g/mol. The molecule has 124 valence electrons. The molecule has 0 bridgehead atoms. The Balaban J connectivity index is 1.75. The van der Waals surface area contributed by atoms with E-state index in [1.165, 1.54) is 16.2 Å². The highest BCUT2D eigenvalue weighted by Gasteiger charge is 2.25. The van der Waals surface area contributed by atoms with Crippen LogP contribution in [0.15, 0.2) is 24.3 Å². The molecule has 1 aromatic carbocycles. The predicted octanol–water partition coefficient (Wildman–Crippen LogP) is 5.43. The van der Waals surface area contributed by atoms with E-state index in [0.29, 0.717) is 27.2 Å². The second kappa shape index (κ2) is 7.25. The number of urea groups is 1. The lowest BCUT2D eigenvalue weighted by Gasteiger charge is -2.20. The molecule has 24 heavy (non-hydrogen) atoms. The van der Waals surface area contributed by atoms with Crippen LogP contribution >= 0.6 is 22.9 Å². The maximum Gasteiger partial charge on any atom is 0.324 e. The van der Waals surface area contributed by atoms with E-state index < -0.39 is 0 Å². The lowest BCUT2D eigenvalue weighted by atomic mass is 9.86. The monoisotopic (exact) mass is 359 g/mol. The van der Waals surface area contributed by atoms with Gasteiger partial charge in [0, 0.05) is 15.6 Å². The van der Waals surface area contributed by atoms with Gasteiger partial charge in [0.1, 0.15) is 11.1 Å². The van der Waals surface area contributed by atoms with Crippen molar-refractivity contribution in [3.05, 3.63) is 45.3 Å². The van der Waals surface area contributed by atoms with Crippen LogP contribution in [0, 0.1) is 17.2 Å². The number of benzene rings is 1. The SMILES string of the molecule is CCC1CCc2c(sc(NC(=O)Nc3ccc(Cl)cc3)c2C#N)C1. The topological polar surface area (TPSA) is 64.9 Å². The molecule has 0 saturated carbocycles. The van der Waals surface area contributed by atoms with Crippen molar-refractivity contribution in [2.45, 2.75) is 32.6 Å². The van der Waals surface area contributed by atoms with Crippen molar-refractivity contribution in [3.8, 4) is 6.07 Å². The third-order valence-corrected chi connectivity index (χ3v) is 5.81. The number of nitriles is 1. The number of amides is 2. The standard InChI is InChI=1S/C18H18ClN3OS/c1-2-11-3-8-14-15(10-20)17(24-16(14)9-11)22-18(23)21-13-6-4-12(19)5-7-13/h4-7,11H,2-3,8-9H2,1H3,(H2,21,22,23). The Kier molecular flexibility index (Phi) is 5.08. The zero-order valence-corrected chi connectivity index (χ0v) is 14.9. The Morgan fingerprint density at radius 2 is 2.12 bits per heavy atom. The number of hydrogen-bond acceptors (Lipinski definition) is 3. The van der Waals surface area contributed by atoms with Crippen molar-refractivity contribution in [1.82, 2.24) is 0 Å². The lowest BCUT2D eigenvalue weighted by Crippen LogP contribution is -2.19. The number of hydrogen-bond donors (Lipinski definition) is 2. The summed E-state index contributed by atoms with van der Waals surface area (Å²) in [6, 6.07) is 8.81. The van der Waals surface area contributed by atoms with Crippen molar-refractivity contribution < 1.29 is 4.79 Å². The lowest BCUT2D eigenvalue weighted by molar-refractivity contribution is 0.262. The smallest absolute Gasteiger partial charge is 0.308 e.